The third-order valence-corrected chi connectivity index (χ3v) is 4.52. The maximum absolute atomic E-state index is 12.2. The van der Waals surface area contributed by atoms with Crippen molar-refractivity contribution >= 4 is 17.1 Å². The van der Waals surface area contributed by atoms with Crippen LogP contribution in [0.25, 0.3) is 11.2 Å². The van der Waals surface area contributed by atoms with Crippen molar-refractivity contribution in [3.05, 3.63) is 46.2 Å². The molecule has 11 heteroatoms. The van der Waals surface area contributed by atoms with E-state index in [1.807, 2.05) is 30.3 Å². The van der Waals surface area contributed by atoms with Crippen LogP contribution in [0.3, 0.4) is 0 Å². The van der Waals surface area contributed by atoms with E-state index in [1.54, 1.807) is 0 Å². The molecule has 1 aliphatic heterocycles. The molecule has 6 N–H and O–H groups in total. The average Bonchev–Trinajstić information content (AvgIpc) is 3.18. The summed E-state index contributed by atoms with van der Waals surface area (Å²) in [6.45, 7) is -0.371. The zero-order valence-corrected chi connectivity index (χ0v) is 14.6. The third-order valence-electron chi connectivity index (χ3n) is 4.52. The van der Waals surface area contributed by atoms with Crippen LogP contribution in [0.15, 0.2) is 35.1 Å². The van der Waals surface area contributed by atoms with Gasteiger partial charge in [-0.3, -0.25) is 9.78 Å². The van der Waals surface area contributed by atoms with E-state index in [0.29, 0.717) is 0 Å². The molecule has 0 unspecified atom stereocenters. The number of hydrogen-bond acceptors (Lipinski definition) is 9. The highest BCUT2D eigenvalue weighted by Gasteiger charge is 2.45. The summed E-state index contributed by atoms with van der Waals surface area (Å²) in [5.41, 5.74) is 5.87. The normalized spacial score (nSPS) is 24.7. The number of imidazole rings is 1. The molecule has 2 aromatic heterocycles. The van der Waals surface area contributed by atoms with E-state index >= 15 is 0 Å². The summed E-state index contributed by atoms with van der Waals surface area (Å²) >= 11 is 0. The van der Waals surface area contributed by atoms with Crippen LogP contribution >= 0.6 is 0 Å². The Kier molecular flexibility index (Phi) is 4.73. The molecule has 1 fully saturated rings. The van der Waals surface area contributed by atoms with E-state index in [4.69, 9.17) is 15.2 Å². The van der Waals surface area contributed by atoms with Gasteiger partial charge in [0.25, 0.3) is 5.56 Å². The summed E-state index contributed by atoms with van der Waals surface area (Å²) in [7, 11) is 0. The molecule has 0 bridgehead atoms. The van der Waals surface area contributed by atoms with Gasteiger partial charge in [0.05, 0.1) is 6.61 Å². The van der Waals surface area contributed by atoms with Crippen molar-refractivity contribution < 1.29 is 24.8 Å². The van der Waals surface area contributed by atoms with Gasteiger partial charge in [-0.25, -0.2) is 4.57 Å². The number of nitrogen functional groups attached to an aromatic ring is 1. The number of aliphatic hydroxyl groups is 3. The van der Waals surface area contributed by atoms with Gasteiger partial charge in [-0.2, -0.15) is 9.97 Å². The van der Waals surface area contributed by atoms with E-state index in [-0.39, 0.29) is 29.7 Å². The number of hydrogen-bond donors (Lipinski definition) is 5. The summed E-state index contributed by atoms with van der Waals surface area (Å²) in [6, 6.07) is 9.22. The van der Waals surface area contributed by atoms with E-state index in [9.17, 15) is 20.1 Å². The number of aliphatic hydroxyl groups excluding tert-OH is 3. The Morgan fingerprint density at radius 3 is 2.64 bits per heavy atom. The molecule has 1 saturated heterocycles. The Labute approximate surface area is 158 Å². The lowest BCUT2D eigenvalue weighted by Gasteiger charge is -2.19. The van der Waals surface area contributed by atoms with Crippen molar-refractivity contribution in [1.29, 1.82) is 0 Å². The van der Waals surface area contributed by atoms with Gasteiger partial charge in [0.2, 0.25) is 5.95 Å². The lowest BCUT2D eigenvalue weighted by atomic mass is 10.1. The van der Waals surface area contributed by atoms with Gasteiger partial charge in [0, 0.05) is 0 Å². The van der Waals surface area contributed by atoms with Crippen molar-refractivity contribution in [3.8, 4) is 6.01 Å². The first-order chi connectivity index (χ1) is 13.5. The molecule has 3 heterocycles. The maximum Gasteiger partial charge on any atom is 0.301 e. The van der Waals surface area contributed by atoms with Crippen molar-refractivity contribution in [1.82, 2.24) is 19.5 Å². The Morgan fingerprint density at radius 2 is 1.96 bits per heavy atom. The quantitative estimate of drug-likeness (QED) is 0.363. The second kappa shape index (κ2) is 7.20. The summed E-state index contributed by atoms with van der Waals surface area (Å²) < 4.78 is 12.6. The standard InChI is InChI=1S/C17H19N5O6/c18-16-20-13-10(14(26)21-16)19-17(27-7-8-4-2-1-3-5-8)22(13)15-12(25)11(24)9(6-23)28-15/h1-5,9,11-12,15,23-25H,6-7H2,(H3,18,20,21,26)/t9-,11-,12+,15+/m1/s1. The second-order valence-electron chi connectivity index (χ2n) is 6.39. The Balaban J connectivity index is 1.79. The summed E-state index contributed by atoms with van der Waals surface area (Å²) in [5.74, 6) is -0.153. The van der Waals surface area contributed by atoms with Gasteiger partial charge in [-0.05, 0) is 5.56 Å². The Hall–Kier alpha value is -2.99. The molecule has 0 spiro atoms. The molecule has 0 amide bonds. The minimum absolute atomic E-state index is 0.0270. The van der Waals surface area contributed by atoms with Crippen molar-refractivity contribution in [3.63, 3.8) is 0 Å². The summed E-state index contributed by atoms with van der Waals surface area (Å²) in [6.07, 6.45) is -4.94. The van der Waals surface area contributed by atoms with Crippen molar-refractivity contribution in [2.75, 3.05) is 12.3 Å². The second-order valence-corrected chi connectivity index (χ2v) is 6.39. The van der Waals surface area contributed by atoms with E-state index in [1.165, 1.54) is 4.57 Å². The number of nitrogens with one attached hydrogen (secondary N) is 1. The van der Waals surface area contributed by atoms with Gasteiger partial charge in [0.1, 0.15) is 24.9 Å². The van der Waals surface area contributed by atoms with Crippen LogP contribution in [0.5, 0.6) is 6.01 Å². The zero-order chi connectivity index (χ0) is 19.8. The fourth-order valence-corrected chi connectivity index (χ4v) is 3.13. The molecule has 1 aromatic carbocycles. The fraction of sp³-hybridized carbons (Fsp3) is 0.353. The number of nitrogens with zero attached hydrogens (tertiary/aromatic N) is 3. The summed E-state index contributed by atoms with van der Waals surface area (Å²) in [5, 5.41) is 29.8. The van der Waals surface area contributed by atoms with Crippen molar-refractivity contribution in [2.24, 2.45) is 0 Å². The SMILES string of the molecule is Nc1nc2c(nc(OCc3ccccc3)n2[C@H]2O[C@H](CO)[C@@H](O)[C@@H]2O)c(=O)[nH]1. The van der Waals surface area contributed by atoms with Crippen LogP contribution < -0.4 is 16.0 Å². The highest BCUT2D eigenvalue weighted by molar-refractivity contribution is 5.72. The molecule has 4 rings (SSSR count). The number of fused-ring (bicyclic) bond motifs is 1. The number of H-pyrrole nitrogens is 1. The van der Waals surface area contributed by atoms with Gasteiger partial charge in [0.15, 0.2) is 17.4 Å². The first-order valence-corrected chi connectivity index (χ1v) is 8.56. The molecule has 3 aromatic rings. The van der Waals surface area contributed by atoms with Gasteiger partial charge in [-0.15, -0.1) is 0 Å². The van der Waals surface area contributed by atoms with Crippen LogP contribution in [0, 0.1) is 0 Å². The van der Waals surface area contributed by atoms with Crippen LogP contribution in [0.4, 0.5) is 5.95 Å². The van der Waals surface area contributed by atoms with E-state index in [0.717, 1.165) is 5.56 Å². The van der Waals surface area contributed by atoms with Gasteiger partial charge >= 0.3 is 6.01 Å². The largest absolute Gasteiger partial charge is 0.460 e. The number of rotatable bonds is 5. The van der Waals surface area contributed by atoms with Crippen LogP contribution in [0.1, 0.15) is 11.8 Å². The minimum atomic E-state index is -1.41. The topological polar surface area (TPSA) is 169 Å². The molecule has 4 atom stereocenters. The number of aromatic nitrogens is 4. The van der Waals surface area contributed by atoms with E-state index < -0.39 is 36.7 Å². The predicted molar refractivity (Wildman–Crippen MR) is 96.3 cm³/mol. The Bertz CT molecular complexity index is 1040. The minimum Gasteiger partial charge on any atom is -0.460 e. The lowest BCUT2D eigenvalue weighted by Crippen LogP contribution is -2.33. The number of nitrogens with two attached hydrogens (primary N) is 1. The van der Waals surface area contributed by atoms with Crippen LogP contribution in [-0.2, 0) is 11.3 Å². The number of aromatic amines is 1. The molecule has 148 valence electrons. The molecule has 0 radical (unpaired) electrons. The van der Waals surface area contributed by atoms with Crippen LogP contribution in [-0.4, -0.2) is 59.8 Å². The van der Waals surface area contributed by atoms with E-state index in [2.05, 4.69) is 15.0 Å². The molecule has 28 heavy (non-hydrogen) atoms. The first kappa shape index (κ1) is 18.4. The highest BCUT2D eigenvalue weighted by Crippen LogP contribution is 2.34. The molecule has 11 nitrogen and oxygen atoms in total. The summed E-state index contributed by atoms with van der Waals surface area (Å²) in [4.78, 5) is 22.8. The Morgan fingerprint density at radius 1 is 1.21 bits per heavy atom. The highest BCUT2D eigenvalue weighted by atomic mass is 16.6. The molecule has 1 aliphatic rings. The number of benzene rings is 1. The number of ether oxygens (including phenoxy) is 2. The predicted octanol–water partition coefficient (Wildman–Crippen LogP) is -1.11. The molecule has 0 saturated carbocycles. The smallest absolute Gasteiger partial charge is 0.301 e. The average molecular weight is 389 g/mol. The van der Waals surface area contributed by atoms with Gasteiger partial charge in [-0.1, -0.05) is 30.3 Å². The molecular weight excluding hydrogens is 370 g/mol. The van der Waals surface area contributed by atoms with Crippen molar-refractivity contribution in [2.45, 2.75) is 31.1 Å². The lowest BCUT2D eigenvalue weighted by molar-refractivity contribution is -0.0545. The third kappa shape index (κ3) is 3.10. The zero-order valence-electron chi connectivity index (χ0n) is 14.6. The molecule has 0 aliphatic carbocycles. The molecular formula is C17H19N5O6. The number of anilines is 1. The first-order valence-electron chi connectivity index (χ1n) is 8.56. The fourth-order valence-electron chi connectivity index (χ4n) is 3.13. The van der Waals surface area contributed by atoms with Crippen LogP contribution in [0.2, 0.25) is 0 Å². The monoisotopic (exact) mass is 389 g/mol. The maximum atomic E-state index is 12.2. The van der Waals surface area contributed by atoms with Gasteiger partial charge < -0.3 is 30.5 Å².